The van der Waals surface area contributed by atoms with Gasteiger partial charge >= 0.3 is 53.7 Å². The maximum absolute atomic E-state index is 13.0. The van der Waals surface area contributed by atoms with Crippen molar-refractivity contribution in [3.63, 3.8) is 0 Å². The highest BCUT2D eigenvalue weighted by Crippen LogP contribution is 2.63. The SMILES string of the molecule is O=C(F)C(F)(F)C(F)(F)C(F)(F)C(F)(F)C(F)(F)C(F)(F)C(F)(F)C(F)(F)F. The van der Waals surface area contributed by atoms with Crippen LogP contribution in [0.5, 0.6) is 0 Å². The number of carbonyl (C=O) groups excluding carboxylic acids is 1. The Morgan fingerprint density at radius 3 is 0.821 bits per heavy atom. The summed E-state index contributed by atoms with van der Waals surface area (Å²) in [6.45, 7) is 0. The lowest BCUT2D eigenvalue weighted by molar-refractivity contribution is -0.459. The van der Waals surface area contributed by atoms with Gasteiger partial charge in [-0.1, -0.05) is 0 Å². The zero-order valence-corrected chi connectivity index (χ0v) is 11.7. The summed E-state index contributed by atoms with van der Waals surface area (Å²) in [4.78, 5) is 9.54. The van der Waals surface area contributed by atoms with E-state index in [0.29, 0.717) is 0 Å². The number of alkyl halides is 17. The smallest absolute Gasteiger partial charge is 0.254 e. The summed E-state index contributed by atoms with van der Waals surface area (Å²) in [5.74, 6) is -59.1. The summed E-state index contributed by atoms with van der Waals surface area (Å²) in [6.07, 6.45) is -7.85. The fourth-order valence-electron chi connectivity index (χ4n) is 1.29. The van der Waals surface area contributed by atoms with Crippen LogP contribution in [-0.2, 0) is 4.79 Å². The van der Waals surface area contributed by atoms with E-state index in [1.807, 2.05) is 0 Å². The lowest BCUT2D eigenvalue weighted by Gasteiger charge is -2.42. The van der Waals surface area contributed by atoms with E-state index < -0.39 is 53.7 Å². The first-order valence-corrected chi connectivity index (χ1v) is 5.61. The van der Waals surface area contributed by atoms with Gasteiger partial charge in [-0.05, 0) is 0 Å². The Kier molecular flexibility index (Phi) is 5.85. The molecule has 0 atom stereocenters. The number of hydrogen-bond acceptors (Lipinski definition) is 1. The molecule has 0 N–H and O–H groups in total. The van der Waals surface area contributed by atoms with Crippen LogP contribution in [0.4, 0.5) is 79.0 Å². The molecule has 0 aromatic carbocycles. The van der Waals surface area contributed by atoms with Gasteiger partial charge in [0.15, 0.2) is 0 Å². The molecule has 0 aliphatic heterocycles. The average Bonchev–Trinajstić information content (AvgIpc) is 2.44. The van der Waals surface area contributed by atoms with Gasteiger partial charge in [0.1, 0.15) is 0 Å². The highest BCUT2D eigenvalue weighted by molar-refractivity contribution is 5.78. The number of halogens is 18. The molecule has 0 amide bonds. The molecule has 28 heavy (non-hydrogen) atoms. The zero-order chi connectivity index (χ0) is 23.6. The van der Waals surface area contributed by atoms with Crippen molar-refractivity contribution in [1.29, 1.82) is 0 Å². The van der Waals surface area contributed by atoms with Gasteiger partial charge in [-0.25, -0.2) is 0 Å². The van der Waals surface area contributed by atoms with Crippen LogP contribution < -0.4 is 0 Å². The second kappa shape index (κ2) is 6.20. The molecule has 0 bridgehead atoms. The molecule has 0 saturated carbocycles. The topological polar surface area (TPSA) is 17.1 Å². The van der Waals surface area contributed by atoms with Crippen molar-refractivity contribution in [1.82, 2.24) is 0 Å². The van der Waals surface area contributed by atoms with Crippen molar-refractivity contribution < 1.29 is 83.8 Å². The molecule has 0 aliphatic rings. The van der Waals surface area contributed by atoms with Crippen LogP contribution in [0, 0.1) is 0 Å². The second-order valence-corrected chi connectivity index (χ2v) is 4.79. The lowest BCUT2D eigenvalue weighted by Crippen LogP contribution is -2.74. The Morgan fingerprint density at radius 2 is 0.607 bits per heavy atom. The van der Waals surface area contributed by atoms with E-state index in [-0.39, 0.29) is 0 Å². The van der Waals surface area contributed by atoms with E-state index in [1.165, 1.54) is 0 Å². The molecule has 168 valence electrons. The molecule has 0 aliphatic carbocycles. The quantitative estimate of drug-likeness (QED) is 0.359. The maximum Gasteiger partial charge on any atom is 0.460 e. The van der Waals surface area contributed by atoms with E-state index in [1.54, 1.807) is 0 Å². The second-order valence-electron chi connectivity index (χ2n) is 4.79. The van der Waals surface area contributed by atoms with Gasteiger partial charge < -0.3 is 0 Å². The van der Waals surface area contributed by atoms with Crippen LogP contribution >= 0.6 is 0 Å². The highest BCUT2D eigenvalue weighted by Gasteiger charge is 2.95. The van der Waals surface area contributed by atoms with Crippen LogP contribution in [0.25, 0.3) is 0 Å². The summed E-state index contributed by atoms with van der Waals surface area (Å²) in [7, 11) is 0. The third-order valence-corrected chi connectivity index (χ3v) is 2.97. The van der Waals surface area contributed by atoms with Crippen LogP contribution in [0.2, 0.25) is 0 Å². The molecule has 0 aromatic rings. The van der Waals surface area contributed by atoms with E-state index >= 15 is 0 Å². The molecule has 0 aromatic heterocycles. The van der Waals surface area contributed by atoms with Crippen LogP contribution in [-0.4, -0.2) is 53.7 Å². The maximum atomic E-state index is 13.0. The van der Waals surface area contributed by atoms with Crippen molar-refractivity contribution in [3.8, 4) is 0 Å². The summed E-state index contributed by atoms with van der Waals surface area (Å²) >= 11 is 0. The Hall–Kier alpha value is -1.59. The monoisotopic (exact) mass is 466 g/mol. The van der Waals surface area contributed by atoms with Crippen molar-refractivity contribution in [2.24, 2.45) is 0 Å². The van der Waals surface area contributed by atoms with E-state index in [4.69, 9.17) is 0 Å². The predicted octanol–water partition coefficient (Wildman–Crippen LogP) is 5.49. The first-order chi connectivity index (χ1) is 11.7. The number of carbonyl (C=O) groups is 1. The summed E-state index contributed by atoms with van der Waals surface area (Å²) in [5, 5.41) is 0. The third kappa shape index (κ3) is 2.94. The third-order valence-electron chi connectivity index (χ3n) is 2.97. The first-order valence-electron chi connectivity index (χ1n) is 5.61. The Balaban J connectivity index is 6.76. The molecule has 19 heteroatoms. The Morgan fingerprint density at radius 1 is 0.393 bits per heavy atom. The van der Waals surface area contributed by atoms with Gasteiger partial charge in [-0.15, -0.1) is 0 Å². The summed E-state index contributed by atoms with van der Waals surface area (Å²) in [5.41, 5.74) is 0. The fourth-order valence-corrected chi connectivity index (χ4v) is 1.29. The molecule has 0 heterocycles. The molecule has 0 spiro atoms. The highest BCUT2D eigenvalue weighted by atomic mass is 19.4. The molecule has 0 radical (unpaired) electrons. The van der Waals surface area contributed by atoms with Crippen molar-refractivity contribution in [3.05, 3.63) is 0 Å². The minimum atomic E-state index is -8.82. The van der Waals surface area contributed by atoms with Gasteiger partial charge in [0.25, 0.3) is 0 Å². The van der Waals surface area contributed by atoms with Gasteiger partial charge in [0.05, 0.1) is 0 Å². The lowest BCUT2D eigenvalue weighted by atomic mass is 9.89. The predicted molar refractivity (Wildman–Crippen MR) is 46.8 cm³/mol. The van der Waals surface area contributed by atoms with Gasteiger partial charge in [-0.2, -0.15) is 79.0 Å². The van der Waals surface area contributed by atoms with Crippen LogP contribution in [0.3, 0.4) is 0 Å². The number of rotatable bonds is 7. The molecule has 0 rings (SSSR count). The summed E-state index contributed by atoms with van der Waals surface area (Å²) < 4.78 is 225. The first kappa shape index (κ1) is 26.4. The van der Waals surface area contributed by atoms with Crippen molar-refractivity contribution in [2.75, 3.05) is 0 Å². The number of hydrogen-bond donors (Lipinski definition) is 0. The molecule has 0 unspecified atom stereocenters. The van der Waals surface area contributed by atoms with Gasteiger partial charge in [0, 0.05) is 0 Å². The minimum absolute atomic E-state index is 4.89. The summed E-state index contributed by atoms with van der Waals surface area (Å²) in [6, 6.07) is -4.89. The van der Waals surface area contributed by atoms with Gasteiger partial charge in [-0.3, -0.25) is 4.79 Å². The van der Waals surface area contributed by atoms with E-state index in [0.717, 1.165) is 0 Å². The molecule has 0 saturated heterocycles. The van der Waals surface area contributed by atoms with Crippen molar-refractivity contribution >= 4 is 6.04 Å². The molecular formula is C9F18O. The van der Waals surface area contributed by atoms with Crippen LogP contribution in [0.1, 0.15) is 0 Å². The van der Waals surface area contributed by atoms with Crippen LogP contribution in [0.15, 0.2) is 0 Å². The minimum Gasteiger partial charge on any atom is -0.254 e. The van der Waals surface area contributed by atoms with Crippen molar-refractivity contribution in [2.45, 2.75) is 47.6 Å². The molecule has 1 nitrogen and oxygen atoms in total. The molecular weight excluding hydrogens is 466 g/mol. The Labute approximate surface area is 139 Å². The van der Waals surface area contributed by atoms with Gasteiger partial charge in [0.2, 0.25) is 0 Å². The fraction of sp³-hybridized carbons (Fsp3) is 0.889. The Bertz CT molecular complexity index is 611. The average molecular weight is 466 g/mol. The zero-order valence-electron chi connectivity index (χ0n) is 11.7. The largest absolute Gasteiger partial charge is 0.460 e. The van der Waals surface area contributed by atoms with E-state index in [2.05, 4.69) is 0 Å². The van der Waals surface area contributed by atoms with E-state index in [9.17, 15) is 83.8 Å². The molecule has 0 fully saturated rings. The normalized spacial score (nSPS) is 16.4. The standard InChI is InChI=1S/C9F18O/c10-1(28)2(11,12)3(13,14)4(15,16)5(17,18)6(19,20)7(21,22)8(23,24)9(25,26)27.